The fraction of sp³-hybridized carbons (Fsp3) is 0.643. The van der Waals surface area contributed by atoms with Crippen LogP contribution in [-0.2, 0) is 4.79 Å². The number of benzene rings is 1. The summed E-state index contributed by atoms with van der Waals surface area (Å²) in [6.45, 7) is 2.59. The number of nitrogens with one attached hydrogen (secondary N) is 1. The summed E-state index contributed by atoms with van der Waals surface area (Å²) in [4.78, 5) is 21.7. The molecule has 9 heteroatoms. The van der Waals surface area contributed by atoms with Crippen LogP contribution in [0, 0.1) is 5.41 Å². The van der Waals surface area contributed by atoms with Gasteiger partial charge in [0.2, 0.25) is 5.91 Å². The molecule has 1 atom stereocenters. The van der Waals surface area contributed by atoms with Gasteiger partial charge in [-0.1, -0.05) is 12.8 Å². The molecular weight excluding hydrogens is 491 g/mol. The molecule has 204 valence electrons. The standard InChI is InChI=1S/C28H41FN4O3S/c1-32(2)25-19-30-24-9-8-20(36-3)18-22(24)26(25)23(29)10-11-28(27(34)31-35)12-14-33(15-13-28)16-17-37-21-6-4-5-7-21/h8-9,18-19,21,23,35H,4-7,10-17H2,1-3H3,(H,31,34). The number of methoxy groups -OCH3 is 1. The minimum absolute atomic E-state index is 0.183. The number of hydrogen-bond acceptors (Lipinski definition) is 7. The van der Waals surface area contributed by atoms with Gasteiger partial charge in [0.1, 0.15) is 11.9 Å². The van der Waals surface area contributed by atoms with Crippen LogP contribution in [0.4, 0.5) is 10.1 Å². The predicted molar refractivity (Wildman–Crippen MR) is 148 cm³/mol. The van der Waals surface area contributed by atoms with Crippen LogP contribution in [-0.4, -0.2) is 72.8 Å². The third-order valence-electron chi connectivity index (χ3n) is 8.23. The Labute approximate surface area is 224 Å². The Morgan fingerprint density at radius 1 is 1.32 bits per heavy atom. The quantitative estimate of drug-likeness (QED) is 0.298. The van der Waals surface area contributed by atoms with Crippen molar-refractivity contribution < 1.29 is 19.1 Å². The summed E-state index contributed by atoms with van der Waals surface area (Å²) in [6.07, 6.45) is 7.58. The monoisotopic (exact) mass is 532 g/mol. The molecule has 37 heavy (non-hydrogen) atoms. The first kappa shape index (κ1) is 27.9. The Balaban J connectivity index is 1.45. The zero-order chi connectivity index (χ0) is 26.4. The number of fused-ring (bicyclic) bond motifs is 1. The molecule has 1 amide bonds. The van der Waals surface area contributed by atoms with E-state index in [0.29, 0.717) is 47.2 Å². The molecule has 0 bridgehead atoms. The fourth-order valence-corrected chi connectivity index (χ4v) is 7.22. The molecule has 1 aromatic carbocycles. The van der Waals surface area contributed by atoms with Gasteiger partial charge in [-0.25, -0.2) is 9.87 Å². The molecule has 1 saturated carbocycles. The summed E-state index contributed by atoms with van der Waals surface area (Å²) < 4.78 is 21.5. The Morgan fingerprint density at radius 2 is 2.05 bits per heavy atom. The first-order chi connectivity index (χ1) is 17.9. The number of aromatic nitrogens is 1. The number of ether oxygens (including phenoxy) is 1. The molecule has 2 heterocycles. The maximum atomic E-state index is 16.1. The Morgan fingerprint density at radius 3 is 2.70 bits per heavy atom. The van der Waals surface area contributed by atoms with E-state index < -0.39 is 17.5 Å². The lowest BCUT2D eigenvalue weighted by Gasteiger charge is -2.40. The van der Waals surface area contributed by atoms with Crippen molar-refractivity contribution in [3.63, 3.8) is 0 Å². The normalized spacial score (nSPS) is 19.2. The van der Waals surface area contributed by atoms with Gasteiger partial charge < -0.3 is 14.5 Å². The van der Waals surface area contributed by atoms with E-state index in [4.69, 9.17) is 4.74 Å². The summed E-state index contributed by atoms with van der Waals surface area (Å²) in [5.74, 6) is 1.37. The summed E-state index contributed by atoms with van der Waals surface area (Å²) in [5.41, 5.74) is 3.10. The lowest BCUT2D eigenvalue weighted by molar-refractivity contribution is -0.143. The number of likely N-dealkylation sites (tertiary alicyclic amines) is 1. The maximum absolute atomic E-state index is 16.1. The van der Waals surface area contributed by atoms with Crippen LogP contribution in [0.3, 0.4) is 0 Å². The van der Waals surface area contributed by atoms with E-state index in [9.17, 15) is 10.0 Å². The lowest BCUT2D eigenvalue weighted by atomic mass is 9.73. The van der Waals surface area contributed by atoms with Crippen molar-refractivity contribution >= 4 is 34.3 Å². The highest BCUT2D eigenvalue weighted by molar-refractivity contribution is 7.99. The second-order valence-corrected chi connectivity index (χ2v) is 12.1. The molecule has 1 unspecified atom stereocenters. The number of carbonyl (C=O) groups is 1. The van der Waals surface area contributed by atoms with Crippen LogP contribution >= 0.6 is 11.8 Å². The molecule has 2 N–H and O–H groups in total. The smallest absolute Gasteiger partial charge is 0.249 e. The number of hydroxylamine groups is 1. The first-order valence-corrected chi connectivity index (χ1v) is 14.5. The number of thioether (sulfide) groups is 1. The summed E-state index contributed by atoms with van der Waals surface area (Å²) in [5, 5.41) is 11.1. The molecule has 1 aliphatic heterocycles. The highest BCUT2D eigenvalue weighted by atomic mass is 32.2. The maximum Gasteiger partial charge on any atom is 0.249 e. The van der Waals surface area contributed by atoms with Crippen LogP contribution in [0.5, 0.6) is 5.75 Å². The SMILES string of the molecule is COc1ccc2ncc(N(C)C)c(C(F)CCC3(C(=O)NO)CCN(CCSC4CCCC4)CC3)c2c1. The number of halogens is 1. The fourth-order valence-electron chi connectivity index (χ4n) is 5.86. The topological polar surface area (TPSA) is 77.9 Å². The van der Waals surface area contributed by atoms with Crippen molar-refractivity contribution in [3.05, 3.63) is 30.0 Å². The molecule has 1 saturated heterocycles. The highest BCUT2D eigenvalue weighted by Gasteiger charge is 2.41. The zero-order valence-electron chi connectivity index (χ0n) is 22.3. The van der Waals surface area contributed by atoms with Gasteiger partial charge in [0, 0.05) is 42.6 Å². The van der Waals surface area contributed by atoms with Gasteiger partial charge in [-0.3, -0.25) is 15.0 Å². The molecule has 1 aliphatic carbocycles. The molecule has 0 spiro atoms. The van der Waals surface area contributed by atoms with E-state index >= 15 is 4.39 Å². The number of nitrogens with zero attached hydrogens (tertiary/aromatic N) is 3. The molecule has 4 rings (SSSR count). The van der Waals surface area contributed by atoms with Crippen LogP contribution in [0.15, 0.2) is 24.4 Å². The first-order valence-electron chi connectivity index (χ1n) is 13.4. The average Bonchev–Trinajstić information content (AvgIpc) is 3.44. The largest absolute Gasteiger partial charge is 0.497 e. The lowest BCUT2D eigenvalue weighted by Crippen LogP contribution is -2.48. The Kier molecular flexibility index (Phi) is 9.53. The van der Waals surface area contributed by atoms with Gasteiger partial charge in [0.25, 0.3) is 0 Å². The summed E-state index contributed by atoms with van der Waals surface area (Å²) >= 11 is 2.08. The minimum atomic E-state index is -1.29. The van der Waals surface area contributed by atoms with Crippen molar-refractivity contribution in [1.29, 1.82) is 0 Å². The predicted octanol–water partition coefficient (Wildman–Crippen LogP) is 5.36. The van der Waals surface area contributed by atoms with Crippen LogP contribution < -0.4 is 15.1 Å². The van der Waals surface area contributed by atoms with E-state index in [-0.39, 0.29) is 6.42 Å². The summed E-state index contributed by atoms with van der Waals surface area (Å²) in [6, 6.07) is 5.49. The number of hydrogen-bond donors (Lipinski definition) is 2. The van der Waals surface area contributed by atoms with Crippen molar-refractivity contribution in [3.8, 4) is 5.75 Å². The number of anilines is 1. The highest BCUT2D eigenvalue weighted by Crippen LogP contribution is 2.43. The van der Waals surface area contributed by atoms with Crippen molar-refractivity contribution in [2.45, 2.75) is 62.8 Å². The number of alkyl halides is 1. The number of carbonyl (C=O) groups excluding carboxylic acids is 1. The molecule has 1 aromatic heterocycles. The number of pyridine rings is 1. The van der Waals surface area contributed by atoms with E-state index in [2.05, 4.69) is 21.6 Å². The van der Waals surface area contributed by atoms with Gasteiger partial charge in [0.05, 0.1) is 29.9 Å². The van der Waals surface area contributed by atoms with Gasteiger partial charge in [-0.05, 0) is 69.8 Å². The van der Waals surface area contributed by atoms with E-state index in [1.54, 1.807) is 13.3 Å². The molecular formula is C28H41FN4O3S. The van der Waals surface area contributed by atoms with E-state index in [0.717, 1.165) is 30.6 Å². The van der Waals surface area contributed by atoms with Crippen molar-refractivity contribution in [2.24, 2.45) is 5.41 Å². The number of piperidine rings is 1. The van der Waals surface area contributed by atoms with Gasteiger partial charge >= 0.3 is 0 Å². The molecule has 2 aliphatic rings. The van der Waals surface area contributed by atoms with Crippen molar-refractivity contribution in [1.82, 2.24) is 15.4 Å². The van der Waals surface area contributed by atoms with E-state index in [1.165, 1.54) is 25.7 Å². The van der Waals surface area contributed by atoms with Crippen LogP contribution in [0.2, 0.25) is 0 Å². The third-order valence-corrected chi connectivity index (χ3v) is 9.59. The zero-order valence-corrected chi connectivity index (χ0v) is 23.2. The van der Waals surface area contributed by atoms with Gasteiger partial charge in [-0.2, -0.15) is 11.8 Å². The Hall–Kier alpha value is -2.10. The van der Waals surface area contributed by atoms with Gasteiger partial charge in [-0.15, -0.1) is 0 Å². The van der Waals surface area contributed by atoms with Gasteiger partial charge in [0.15, 0.2) is 0 Å². The Bertz CT molecular complexity index is 1060. The molecule has 7 nitrogen and oxygen atoms in total. The molecule has 0 radical (unpaired) electrons. The summed E-state index contributed by atoms with van der Waals surface area (Å²) in [7, 11) is 5.34. The van der Waals surface area contributed by atoms with E-state index in [1.807, 2.05) is 42.7 Å². The number of rotatable bonds is 11. The second-order valence-electron chi connectivity index (χ2n) is 10.7. The average molecular weight is 533 g/mol. The molecule has 2 fully saturated rings. The second kappa shape index (κ2) is 12.6. The molecule has 2 aromatic rings. The van der Waals surface area contributed by atoms with Crippen molar-refractivity contribution in [2.75, 3.05) is 51.5 Å². The third kappa shape index (κ3) is 6.49. The van der Waals surface area contributed by atoms with Crippen LogP contribution in [0.1, 0.15) is 63.1 Å². The number of amides is 1. The van der Waals surface area contributed by atoms with Crippen LogP contribution in [0.25, 0.3) is 10.9 Å². The minimum Gasteiger partial charge on any atom is -0.497 e.